The third-order valence-corrected chi connectivity index (χ3v) is 4.58. The van der Waals surface area contributed by atoms with Crippen LogP contribution in [0.2, 0.25) is 0 Å². The van der Waals surface area contributed by atoms with Gasteiger partial charge in [-0.2, -0.15) is 0 Å². The molecule has 3 amide bonds. The Morgan fingerprint density at radius 3 is 2.56 bits per heavy atom. The summed E-state index contributed by atoms with van der Waals surface area (Å²) in [5, 5.41) is 0. The third-order valence-electron chi connectivity index (χ3n) is 4.58. The van der Waals surface area contributed by atoms with Gasteiger partial charge in [0, 0.05) is 59.5 Å². The van der Waals surface area contributed by atoms with Crippen LogP contribution < -0.4 is 0 Å². The van der Waals surface area contributed by atoms with Gasteiger partial charge < -0.3 is 19.3 Å². The fraction of sp³-hybridized carbons (Fsp3) is 0.647. The highest BCUT2D eigenvalue weighted by atomic mass is 16.2. The SMILES string of the molecule is CC(=O)N1CCN(C(=O)CCCn2ccnc2C)CC1C(=O)N(C)C. The maximum absolute atomic E-state index is 12.5. The van der Waals surface area contributed by atoms with E-state index in [9.17, 15) is 14.4 Å². The van der Waals surface area contributed by atoms with E-state index in [1.54, 1.807) is 30.1 Å². The molecule has 2 rings (SSSR count). The van der Waals surface area contributed by atoms with Crippen LogP contribution in [-0.2, 0) is 20.9 Å². The summed E-state index contributed by atoms with van der Waals surface area (Å²) in [5.41, 5.74) is 0. The first kappa shape index (κ1) is 19.0. The van der Waals surface area contributed by atoms with E-state index in [1.807, 2.05) is 17.7 Å². The predicted molar refractivity (Wildman–Crippen MR) is 92.6 cm³/mol. The van der Waals surface area contributed by atoms with E-state index >= 15 is 0 Å². The van der Waals surface area contributed by atoms with Gasteiger partial charge in [-0.05, 0) is 13.3 Å². The fourth-order valence-corrected chi connectivity index (χ4v) is 3.09. The molecular weight excluding hydrogens is 322 g/mol. The maximum atomic E-state index is 12.5. The zero-order chi connectivity index (χ0) is 18.6. The van der Waals surface area contributed by atoms with Crippen LogP contribution in [0.3, 0.4) is 0 Å². The highest BCUT2D eigenvalue weighted by Crippen LogP contribution is 2.14. The van der Waals surface area contributed by atoms with Crippen LogP contribution in [0, 0.1) is 6.92 Å². The predicted octanol–water partition coefficient (Wildman–Crippen LogP) is 0.119. The molecule has 1 aliphatic rings. The van der Waals surface area contributed by atoms with Gasteiger partial charge in [-0.3, -0.25) is 14.4 Å². The van der Waals surface area contributed by atoms with Crippen molar-refractivity contribution in [3.63, 3.8) is 0 Å². The molecule has 1 aromatic rings. The Hall–Kier alpha value is -2.38. The zero-order valence-electron chi connectivity index (χ0n) is 15.4. The summed E-state index contributed by atoms with van der Waals surface area (Å²) < 4.78 is 2.01. The van der Waals surface area contributed by atoms with Crippen LogP contribution in [0.4, 0.5) is 0 Å². The van der Waals surface area contributed by atoms with Crippen molar-refractivity contribution in [3.8, 4) is 0 Å². The van der Waals surface area contributed by atoms with Crippen LogP contribution in [0.1, 0.15) is 25.6 Å². The molecule has 0 aliphatic carbocycles. The number of imidazole rings is 1. The van der Waals surface area contributed by atoms with Gasteiger partial charge in [0.05, 0.1) is 6.54 Å². The summed E-state index contributed by atoms with van der Waals surface area (Å²) in [4.78, 5) is 45.6. The first-order valence-corrected chi connectivity index (χ1v) is 8.55. The largest absolute Gasteiger partial charge is 0.347 e. The van der Waals surface area contributed by atoms with Crippen molar-refractivity contribution in [1.82, 2.24) is 24.3 Å². The molecule has 8 heteroatoms. The number of rotatable bonds is 5. The van der Waals surface area contributed by atoms with Crippen LogP contribution in [0.15, 0.2) is 12.4 Å². The quantitative estimate of drug-likeness (QED) is 0.756. The van der Waals surface area contributed by atoms with Crippen LogP contribution in [0.5, 0.6) is 0 Å². The molecule has 1 aromatic heterocycles. The molecule has 1 unspecified atom stereocenters. The Labute approximate surface area is 148 Å². The Kier molecular flexibility index (Phi) is 6.17. The van der Waals surface area contributed by atoms with Crippen LogP contribution in [0.25, 0.3) is 0 Å². The van der Waals surface area contributed by atoms with Gasteiger partial charge in [-0.25, -0.2) is 4.98 Å². The molecule has 1 saturated heterocycles. The van der Waals surface area contributed by atoms with E-state index in [0.717, 1.165) is 18.8 Å². The van der Waals surface area contributed by atoms with Gasteiger partial charge in [0.1, 0.15) is 11.9 Å². The van der Waals surface area contributed by atoms with Gasteiger partial charge in [0.2, 0.25) is 17.7 Å². The molecule has 1 fully saturated rings. The minimum atomic E-state index is -0.596. The van der Waals surface area contributed by atoms with Gasteiger partial charge in [0.25, 0.3) is 0 Å². The number of amides is 3. The summed E-state index contributed by atoms with van der Waals surface area (Å²) in [6.45, 7) is 5.26. The second-order valence-corrected chi connectivity index (χ2v) is 6.57. The van der Waals surface area contributed by atoms with Gasteiger partial charge >= 0.3 is 0 Å². The molecule has 1 aliphatic heterocycles. The van der Waals surface area contributed by atoms with Crippen LogP contribution in [-0.4, -0.2) is 81.7 Å². The minimum Gasteiger partial charge on any atom is -0.347 e. The summed E-state index contributed by atoms with van der Waals surface area (Å²) in [6.07, 6.45) is 4.78. The lowest BCUT2D eigenvalue weighted by Gasteiger charge is -2.41. The van der Waals surface area contributed by atoms with Crippen LogP contribution >= 0.6 is 0 Å². The first-order chi connectivity index (χ1) is 11.8. The number of hydrogen-bond acceptors (Lipinski definition) is 4. The molecule has 0 bridgehead atoms. The fourth-order valence-electron chi connectivity index (χ4n) is 3.09. The summed E-state index contributed by atoms with van der Waals surface area (Å²) >= 11 is 0. The number of aryl methyl sites for hydroxylation is 2. The van der Waals surface area contributed by atoms with Crippen molar-refractivity contribution in [3.05, 3.63) is 18.2 Å². The van der Waals surface area contributed by atoms with Gasteiger partial charge in [-0.15, -0.1) is 0 Å². The second-order valence-electron chi connectivity index (χ2n) is 6.57. The molecule has 0 N–H and O–H groups in total. The summed E-state index contributed by atoms with van der Waals surface area (Å²) in [7, 11) is 3.32. The minimum absolute atomic E-state index is 0.0255. The smallest absolute Gasteiger partial charge is 0.246 e. The average Bonchev–Trinajstić information content (AvgIpc) is 2.98. The van der Waals surface area contributed by atoms with Crippen molar-refractivity contribution >= 4 is 17.7 Å². The van der Waals surface area contributed by atoms with E-state index in [4.69, 9.17) is 0 Å². The highest BCUT2D eigenvalue weighted by molar-refractivity contribution is 5.88. The molecule has 0 spiro atoms. The Morgan fingerprint density at radius 2 is 2.00 bits per heavy atom. The van der Waals surface area contributed by atoms with E-state index in [2.05, 4.69) is 4.98 Å². The Morgan fingerprint density at radius 1 is 1.28 bits per heavy atom. The second kappa shape index (κ2) is 8.13. The number of carbonyl (C=O) groups excluding carboxylic acids is 3. The zero-order valence-corrected chi connectivity index (χ0v) is 15.4. The van der Waals surface area contributed by atoms with Crippen molar-refractivity contribution in [1.29, 1.82) is 0 Å². The molecular formula is C17H27N5O3. The number of likely N-dealkylation sites (N-methyl/N-ethyl adjacent to an activating group) is 1. The Bertz CT molecular complexity index is 640. The number of aromatic nitrogens is 2. The molecule has 2 heterocycles. The number of hydrogen-bond donors (Lipinski definition) is 0. The lowest BCUT2D eigenvalue weighted by Crippen LogP contribution is -2.61. The Balaban J connectivity index is 1.92. The van der Waals surface area contributed by atoms with E-state index in [1.165, 1.54) is 11.8 Å². The number of nitrogens with zero attached hydrogens (tertiary/aromatic N) is 5. The summed E-state index contributed by atoms with van der Waals surface area (Å²) in [6, 6.07) is -0.596. The standard InChI is InChI=1S/C17H27N5O3/c1-13-18-7-9-20(13)8-5-6-16(24)21-10-11-22(14(2)23)15(12-21)17(25)19(3)4/h7,9,15H,5-6,8,10-12H2,1-4H3. The monoisotopic (exact) mass is 349 g/mol. The van der Waals surface area contributed by atoms with Crippen molar-refractivity contribution in [2.24, 2.45) is 0 Å². The van der Waals surface area contributed by atoms with E-state index in [-0.39, 0.29) is 24.3 Å². The number of piperazine rings is 1. The molecule has 138 valence electrons. The molecule has 0 radical (unpaired) electrons. The maximum Gasteiger partial charge on any atom is 0.246 e. The lowest BCUT2D eigenvalue weighted by molar-refractivity contribution is -0.150. The average molecular weight is 349 g/mol. The molecule has 8 nitrogen and oxygen atoms in total. The van der Waals surface area contributed by atoms with Gasteiger partial charge in [-0.1, -0.05) is 0 Å². The topological polar surface area (TPSA) is 78.8 Å². The lowest BCUT2D eigenvalue weighted by atomic mass is 10.1. The third kappa shape index (κ3) is 4.58. The molecule has 1 atom stereocenters. The van der Waals surface area contributed by atoms with Crippen molar-refractivity contribution in [2.75, 3.05) is 33.7 Å². The van der Waals surface area contributed by atoms with Crippen molar-refractivity contribution < 1.29 is 14.4 Å². The van der Waals surface area contributed by atoms with Crippen molar-refractivity contribution in [2.45, 2.75) is 39.3 Å². The van der Waals surface area contributed by atoms with E-state index in [0.29, 0.717) is 19.5 Å². The normalized spacial score (nSPS) is 17.5. The summed E-state index contributed by atoms with van der Waals surface area (Å²) in [5.74, 6) is 0.668. The molecule has 25 heavy (non-hydrogen) atoms. The molecule has 0 aromatic carbocycles. The van der Waals surface area contributed by atoms with E-state index < -0.39 is 6.04 Å². The van der Waals surface area contributed by atoms with Gasteiger partial charge in [0.15, 0.2) is 0 Å². The highest BCUT2D eigenvalue weighted by Gasteiger charge is 2.36. The first-order valence-electron chi connectivity index (χ1n) is 8.55. The molecule has 0 saturated carbocycles. The number of carbonyl (C=O) groups is 3.